The van der Waals surface area contributed by atoms with Crippen molar-refractivity contribution in [2.75, 3.05) is 19.8 Å². The molecular weight excluding hydrogens is 380 g/mol. The van der Waals surface area contributed by atoms with Crippen LogP contribution >= 0.6 is 0 Å². The highest BCUT2D eigenvalue weighted by Crippen LogP contribution is 2.59. The van der Waals surface area contributed by atoms with Crippen LogP contribution in [0.2, 0.25) is 19.6 Å². The van der Waals surface area contributed by atoms with Crippen LogP contribution in [0.4, 0.5) is 0 Å². The summed E-state index contributed by atoms with van der Waals surface area (Å²) in [6.07, 6.45) is 1.53. The first kappa shape index (κ1) is 21.8. The maximum Gasteiger partial charge on any atom is 0.302 e. The van der Waals surface area contributed by atoms with Crippen LogP contribution in [-0.4, -0.2) is 39.7 Å². The quantitative estimate of drug-likeness (QED) is 0.302. The molecule has 0 amide bonds. The summed E-state index contributed by atoms with van der Waals surface area (Å²) in [5.41, 5.74) is 7.86. The third-order valence-electron chi connectivity index (χ3n) is 4.94. The first-order valence-electron chi connectivity index (χ1n) is 10.3. The molecule has 1 saturated heterocycles. The molecule has 0 aromatic heterocycles. The summed E-state index contributed by atoms with van der Waals surface area (Å²) in [4.78, 5) is 11.1. The fourth-order valence-electron chi connectivity index (χ4n) is 3.45. The Balaban J connectivity index is 1.89. The van der Waals surface area contributed by atoms with E-state index < -0.39 is 13.9 Å². The molecular formula is C24H32O4Si. The molecule has 5 heteroatoms. The van der Waals surface area contributed by atoms with Gasteiger partial charge in [0.15, 0.2) is 0 Å². The molecule has 1 aromatic rings. The Morgan fingerprint density at radius 2 is 1.83 bits per heavy atom. The number of rotatable bonds is 5. The molecule has 0 atom stereocenters. The van der Waals surface area contributed by atoms with Crippen molar-refractivity contribution in [3.63, 3.8) is 0 Å². The van der Waals surface area contributed by atoms with Gasteiger partial charge in [-0.2, -0.15) is 0 Å². The minimum absolute atomic E-state index is 0.00103. The van der Waals surface area contributed by atoms with E-state index in [0.717, 1.165) is 35.1 Å². The molecule has 2 aliphatic rings. The van der Waals surface area contributed by atoms with Gasteiger partial charge in [-0.15, -0.1) is 5.54 Å². The summed E-state index contributed by atoms with van der Waals surface area (Å²) in [6.45, 7) is 14.2. The predicted octanol–water partition coefficient (Wildman–Crippen LogP) is 4.80. The fraction of sp³-hybridized carbons (Fsp3) is 0.542. The minimum Gasteiger partial charge on any atom is -0.466 e. The van der Waals surface area contributed by atoms with Gasteiger partial charge in [-0.25, -0.2) is 0 Å². The summed E-state index contributed by atoms with van der Waals surface area (Å²) >= 11 is 0. The third kappa shape index (κ3) is 5.19. The van der Waals surface area contributed by atoms with Gasteiger partial charge in [0, 0.05) is 29.0 Å². The van der Waals surface area contributed by atoms with Crippen LogP contribution in [0, 0.1) is 16.9 Å². The van der Waals surface area contributed by atoms with Crippen LogP contribution in [0.25, 0.3) is 5.57 Å². The Bertz CT molecular complexity index is 870. The number of benzene rings is 1. The Morgan fingerprint density at radius 3 is 2.45 bits per heavy atom. The summed E-state index contributed by atoms with van der Waals surface area (Å²) in [6, 6.07) is 8.25. The van der Waals surface area contributed by atoms with E-state index in [2.05, 4.69) is 57.1 Å². The molecule has 1 fully saturated rings. The zero-order valence-electron chi connectivity index (χ0n) is 18.5. The minimum atomic E-state index is -1.49. The van der Waals surface area contributed by atoms with Gasteiger partial charge in [0.1, 0.15) is 8.07 Å². The van der Waals surface area contributed by atoms with Crippen LogP contribution in [0.3, 0.4) is 0 Å². The van der Waals surface area contributed by atoms with Gasteiger partial charge in [0.05, 0.1) is 19.8 Å². The van der Waals surface area contributed by atoms with Crippen molar-refractivity contribution in [2.45, 2.75) is 59.0 Å². The van der Waals surface area contributed by atoms with Gasteiger partial charge in [-0.1, -0.05) is 57.6 Å². The van der Waals surface area contributed by atoms with Crippen LogP contribution in [0.15, 0.2) is 29.8 Å². The summed E-state index contributed by atoms with van der Waals surface area (Å²) in [5, 5.41) is 0. The molecule has 3 rings (SSSR count). The van der Waals surface area contributed by atoms with Crippen molar-refractivity contribution in [1.82, 2.24) is 0 Å². The molecule has 0 bridgehead atoms. The van der Waals surface area contributed by atoms with Crippen LogP contribution in [-0.2, 0) is 19.0 Å². The molecule has 0 unspecified atom stereocenters. The fourth-order valence-corrected chi connectivity index (χ4v) is 3.96. The number of hydrogen-bond acceptors (Lipinski definition) is 4. The lowest BCUT2D eigenvalue weighted by Gasteiger charge is -2.37. The lowest BCUT2D eigenvalue weighted by molar-refractivity contribution is -0.227. The Kier molecular flexibility index (Phi) is 6.10. The second-order valence-corrected chi connectivity index (χ2v) is 14.5. The highest BCUT2D eigenvalue weighted by molar-refractivity contribution is 6.83. The molecule has 29 heavy (non-hydrogen) atoms. The smallest absolute Gasteiger partial charge is 0.302 e. The van der Waals surface area contributed by atoms with Gasteiger partial charge in [0.25, 0.3) is 0 Å². The van der Waals surface area contributed by atoms with Gasteiger partial charge in [-0.3, -0.25) is 4.79 Å². The molecule has 0 radical (unpaired) electrons. The van der Waals surface area contributed by atoms with Crippen molar-refractivity contribution < 1.29 is 19.0 Å². The number of carbonyl (C=O) groups is 1. The van der Waals surface area contributed by atoms with E-state index in [-0.39, 0.29) is 11.4 Å². The maximum atomic E-state index is 11.1. The molecule has 0 saturated carbocycles. The van der Waals surface area contributed by atoms with Crippen LogP contribution in [0.5, 0.6) is 0 Å². The summed E-state index contributed by atoms with van der Waals surface area (Å²) < 4.78 is 17.7. The van der Waals surface area contributed by atoms with E-state index in [0.29, 0.717) is 19.8 Å². The summed E-state index contributed by atoms with van der Waals surface area (Å²) in [7, 11) is -1.49. The average Bonchev–Trinajstić information content (AvgIpc) is 3.25. The first-order valence-corrected chi connectivity index (χ1v) is 13.8. The first-order chi connectivity index (χ1) is 13.5. The van der Waals surface area contributed by atoms with Crippen LogP contribution < -0.4 is 0 Å². The van der Waals surface area contributed by atoms with Crippen molar-refractivity contribution in [2.24, 2.45) is 5.41 Å². The molecule has 1 spiro atoms. The molecule has 1 aliphatic heterocycles. The lowest BCUT2D eigenvalue weighted by atomic mass is 9.95. The Labute approximate surface area is 175 Å². The van der Waals surface area contributed by atoms with E-state index in [1.54, 1.807) is 0 Å². The normalized spacial score (nSPS) is 19.5. The second kappa shape index (κ2) is 8.10. The standard InChI is InChI=1S/C24H32O4Si/c1-18(25)26-14-9-12-21-22(24(21)27-16-23(2,3)17-28-24)20-11-8-7-10-19(20)13-15-29(4,5)6/h7-8,10-11H,9,12,14,16-17H2,1-6H3. The monoisotopic (exact) mass is 412 g/mol. The SMILES string of the molecule is CC(=O)OCCCC1=C(c2ccccc2C#C[Si](C)(C)C)C12OCC(C)(C)CO2. The third-order valence-corrected chi connectivity index (χ3v) is 5.82. The Hall–Kier alpha value is -1.87. The zero-order chi connectivity index (χ0) is 21.3. The molecule has 0 N–H and O–H groups in total. The maximum absolute atomic E-state index is 11.1. The van der Waals surface area contributed by atoms with E-state index in [1.165, 1.54) is 6.92 Å². The number of hydrogen-bond donors (Lipinski definition) is 0. The van der Waals surface area contributed by atoms with Gasteiger partial charge in [0.2, 0.25) is 5.79 Å². The van der Waals surface area contributed by atoms with E-state index in [1.807, 2.05) is 12.1 Å². The molecule has 1 aromatic carbocycles. The van der Waals surface area contributed by atoms with Gasteiger partial charge >= 0.3 is 5.97 Å². The van der Waals surface area contributed by atoms with Crippen LogP contribution in [0.1, 0.15) is 44.7 Å². The number of ether oxygens (including phenoxy) is 3. The highest BCUT2D eigenvalue weighted by atomic mass is 28.3. The topological polar surface area (TPSA) is 44.8 Å². The molecule has 1 aliphatic carbocycles. The van der Waals surface area contributed by atoms with E-state index >= 15 is 0 Å². The molecule has 4 nitrogen and oxygen atoms in total. The zero-order valence-corrected chi connectivity index (χ0v) is 19.5. The van der Waals surface area contributed by atoms with Gasteiger partial charge in [-0.05, 0) is 24.5 Å². The molecule has 1 heterocycles. The number of carbonyl (C=O) groups excluding carboxylic acids is 1. The van der Waals surface area contributed by atoms with Crippen molar-refractivity contribution in [1.29, 1.82) is 0 Å². The average molecular weight is 413 g/mol. The van der Waals surface area contributed by atoms with Crippen molar-refractivity contribution in [3.8, 4) is 11.5 Å². The summed E-state index contributed by atoms with van der Waals surface area (Å²) in [5.74, 6) is 2.43. The molecule has 156 valence electrons. The van der Waals surface area contributed by atoms with E-state index in [9.17, 15) is 4.79 Å². The highest BCUT2D eigenvalue weighted by Gasteiger charge is 2.59. The second-order valence-electron chi connectivity index (χ2n) is 9.70. The van der Waals surface area contributed by atoms with E-state index in [4.69, 9.17) is 14.2 Å². The lowest BCUT2D eigenvalue weighted by Crippen LogP contribution is -2.41. The van der Waals surface area contributed by atoms with Crippen molar-refractivity contribution in [3.05, 3.63) is 41.0 Å². The number of esters is 1. The predicted molar refractivity (Wildman–Crippen MR) is 118 cm³/mol. The largest absolute Gasteiger partial charge is 0.466 e. The Morgan fingerprint density at radius 1 is 1.17 bits per heavy atom. The van der Waals surface area contributed by atoms with Crippen molar-refractivity contribution >= 4 is 19.6 Å². The van der Waals surface area contributed by atoms with Gasteiger partial charge < -0.3 is 14.2 Å².